The van der Waals surface area contributed by atoms with Crippen molar-refractivity contribution >= 4 is 19.7 Å². The molecule has 0 aromatic rings. The van der Waals surface area contributed by atoms with E-state index in [1.165, 1.54) is 218 Å². The summed E-state index contributed by atoms with van der Waals surface area (Å²) in [4.78, 5) is 40.1. The summed E-state index contributed by atoms with van der Waals surface area (Å²) >= 11 is 0. The van der Waals surface area contributed by atoms with Gasteiger partial charge in [0.1, 0.15) is 19.3 Å². The molecule has 0 aromatic carbocycles. The van der Waals surface area contributed by atoms with Crippen LogP contribution in [0.5, 0.6) is 0 Å². The average Bonchev–Trinajstić information content (AvgIpc) is 3.42. The Bertz CT molecular complexity index is 1550. The largest absolute Gasteiger partial charge is 0.756 e. The molecule has 0 aliphatic rings. The SMILES string of the molecule is CCCCC/C=C\C/C=C\CCCCCCCCCCCCCCCC(=O)NC(COP(=O)([O-])OCC[N+](C)(C)C)C(/C=C\CCCCCCCCCCCC)OC(=O)CCCCCCCCCCC/C=C\C/C=C\CCCCC. The van der Waals surface area contributed by atoms with Crippen LogP contribution in [0.1, 0.15) is 323 Å². The van der Waals surface area contributed by atoms with Crippen molar-refractivity contribution in [2.75, 3.05) is 40.9 Å². The number of unbranched alkanes of at least 4 members (excludes halogenated alkanes) is 38. The minimum absolute atomic E-state index is 0.0232. The Hall–Kier alpha value is -2.29. The van der Waals surface area contributed by atoms with E-state index in [1.54, 1.807) is 0 Å². The molecule has 3 unspecified atom stereocenters. The molecule has 1 N–H and O–H groups in total. The number of hydrogen-bond donors (Lipinski definition) is 1. The number of quaternary nitrogens is 1. The molecule has 0 aliphatic heterocycles. The van der Waals surface area contributed by atoms with Crippen molar-refractivity contribution in [1.29, 1.82) is 0 Å². The van der Waals surface area contributed by atoms with Crippen LogP contribution < -0.4 is 10.2 Å². The van der Waals surface area contributed by atoms with E-state index in [1.807, 2.05) is 33.3 Å². The van der Waals surface area contributed by atoms with Crippen molar-refractivity contribution in [2.24, 2.45) is 0 Å². The number of ether oxygens (including phenoxy) is 1. The molecule has 3 atom stereocenters. The highest BCUT2D eigenvalue weighted by atomic mass is 31.2. The van der Waals surface area contributed by atoms with Crippen LogP contribution in [0.15, 0.2) is 60.8 Å². The maximum atomic E-state index is 13.6. The number of carbonyl (C=O) groups is 2. The second-order valence-corrected chi connectivity index (χ2v) is 25.7. The zero-order chi connectivity index (χ0) is 58.6. The summed E-state index contributed by atoms with van der Waals surface area (Å²) in [7, 11) is 1.19. The molecule has 10 heteroatoms. The standard InChI is InChI=1S/C70H131N2O7P/c1-7-10-13-16-19-22-25-28-30-32-34-35-36-37-39-40-42-44-47-50-53-56-59-62-69(73)71-67(66-78-80(75,76)77-65-64-72(4,5)6)68(61-58-55-52-49-46-27-24-21-18-15-12-9-3)79-70(74)63-60-57-54-51-48-45-43-41-38-33-31-29-26-23-20-17-14-11-8-2/h19-20,22-23,28-31,58,61,67-68H,7-18,21,24-27,32-57,59-60,62-66H2,1-6H3,(H-,71,73,75,76)/b22-19-,23-20-,30-28-,31-29-,61-58-. The molecular formula is C70H131N2O7P. The molecule has 0 saturated heterocycles. The third-order valence-corrected chi connectivity index (χ3v) is 16.1. The van der Waals surface area contributed by atoms with Gasteiger partial charge in [0.2, 0.25) is 5.91 Å². The zero-order valence-corrected chi connectivity index (χ0v) is 54.4. The Morgan fingerprint density at radius 3 is 1.15 bits per heavy atom. The van der Waals surface area contributed by atoms with E-state index in [4.69, 9.17) is 13.8 Å². The average molecular weight is 1140 g/mol. The van der Waals surface area contributed by atoms with Gasteiger partial charge in [-0.1, -0.05) is 275 Å². The first kappa shape index (κ1) is 77.7. The summed E-state index contributed by atoms with van der Waals surface area (Å²) < 4.78 is 30.4. The number of esters is 1. The Labute approximate surface area is 496 Å². The Kier molecular flexibility index (Phi) is 58.1. The number of nitrogens with one attached hydrogen (secondary N) is 1. The van der Waals surface area contributed by atoms with Crippen LogP contribution in [0, 0.1) is 0 Å². The molecule has 0 bridgehead atoms. The maximum Gasteiger partial charge on any atom is 0.306 e. The van der Waals surface area contributed by atoms with Gasteiger partial charge >= 0.3 is 5.97 Å². The number of carbonyl (C=O) groups excluding carboxylic acids is 2. The zero-order valence-electron chi connectivity index (χ0n) is 53.5. The third-order valence-electron chi connectivity index (χ3n) is 15.2. The lowest BCUT2D eigenvalue weighted by molar-refractivity contribution is -0.870. The highest BCUT2D eigenvalue weighted by molar-refractivity contribution is 7.45. The monoisotopic (exact) mass is 1140 g/mol. The number of hydrogen-bond acceptors (Lipinski definition) is 7. The van der Waals surface area contributed by atoms with Gasteiger partial charge in [-0.05, 0) is 96.0 Å². The van der Waals surface area contributed by atoms with Gasteiger partial charge in [0.15, 0.2) is 0 Å². The van der Waals surface area contributed by atoms with Gasteiger partial charge < -0.3 is 28.5 Å². The summed E-state index contributed by atoms with van der Waals surface area (Å²) in [6.45, 7) is 6.82. The lowest BCUT2D eigenvalue weighted by Crippen LogP contribution is -2.47. The molecule has 0 rings (SSSR count). The van der Waals surface area contributed by atoms with Crippen LogP contribution in [0.3, 0.4) is 0 Å². The number of phosphoric ester groups is 1. The van der Waals surface area contributed by atoms with Crippen molar-refractivity contribution in [3.05, 3.63) is 60.8 Å². The van der Waals surface area contributed by atoms with Crippen LogP contribution in [0.25, 0.3) is 0 Å². The number of allylic oxidation sites excluding steroid dienone is 9. The van der Waals surface area contributed by atoms with Gasteiger partial charge in [0.05, 0.1) is 33.8 Å². The van der Waals surface area contributed by atoms with Crippen LogP contribution >= 0.6 is 7.82 Å². The van der Waals surface area contributed by atoms with Crippen LogP contribution in [-0.4, -0.2) is 69.4 Å². The molecule has 0 radical (unpaired) electrons. The molecule has 0 aromatic heterocycles. The number of nitrogens with zero attached hydrogens (tertiary/aromatic N) is 1. The first-order chi connectivity index (χ1) is 38.9. The Morgan fingerprint density at radius 2 is 0.762 bits per heavy atom. The smallest absolute Gasteiger partial charge is 0.306 e. The lowest BCUT2D eigenvalue weighted by Gasteiger charge is -2.30. The highest BCUT2D eigenvalue weighted by Gasteiger charge is 2.27. The van der Waals surface area contributed by atoms with Gasteiger partial charge in [0, 0.05) is 12.8 Å². The molecule has 9 nitrogen and oxygen atoms in total. The van der Waals surface area contributed by atoms with E-state index in [0.29, 0.717) is 17.4 Å². The van der Waals surface area contributed by atoms with Crippen molar-refractivity contribution in [1.82, 2.24) is 5.32 Å². The molecule has 0 fully saturated rings. The fourth-order valence-electron chi connectivity index (χ4n) is 9.88. The van der Waals surface area contributed by atoms with E-state index in [9.17, 15) is 19.0 Å². The second kappa shape index (κ2) is 59.9. The fourth-order valence-corrected chi connectivity index (χ4v) is 10.6. The first-order valence-electron chi connectivity index (χ1n) is 34.1. The number of rotatable bonds is 62. The minimum atomic E-state index is -4.70. The van der Waals surface area contributed by atoms with Crippen molar-refractivity contribution < 1.29 is 37.3 Å². The lowest BCUT2D eigenvalue weighted by atomic mass is 10.0. The van der Waals surface area contributed by atoms with Gasteiger partial charge in [-0.25, -0.2) is 0 Å². The van der Waals surface area contributed by atoms with Gasteiger partial charge in [0.25, 0.3) is 7.82 Å². The van der Waals surface area contributed by atoms with Crippen LogP contribution in [0.2, 0.25) is 0 Å². The summed E-state index contributed by atoms with van der Waals surface area (Å²) in [5.41, 5.74) is 0. The summed E-state index contributed by atoms with van der Waals surface area (Å²) in [6, 6.07) is -0.891. The fraction of sp³-hybridized carbons (Fsp3) is 0.829. The number of likely N-dealkylation sites (N-methyl/N-ethyl adjacent to an activating group) is 1. The van der Waals surface area contributed by atoms with Crippen molar-refractivity contribution in [3.8, 4) is 0 Å². The third kappa shape index (κ3) is 60.3. The normalized spacial score (nSPS) is 13.9. The second-order valence-electron chi connectivity index (χ2n) is 24.3. The molecule has 0 spiro atoms. The van der Waals surface area contributed by atoms with Crippen LogP contribution in [-0.2, 0) is 27.9 Å². The minimum Gasteiger partial charge on any atom is -0.756 e. The molecule has 0 saturated carbocycles. The van der Waals surface area contributed by atoms with Crippen molar-refractivity contribution in [3.63, 3.8) is 0 Å². The molecule has 80 heavy (non-hydrogen) atoms. The van der Waals surface area contributed by atoms with Crippen LogP contribution in [0.4, 0.5) is 0 Å². The van der Waals surface area contributed by atoms with Gasteiger partial charge in [-0.15, -0.1) is 0 Å². The van der Waals surface area contributed by atoms with E-state index >= 15 is 0 Å². The summed E-state index contributed by atoms with van der Waals surface area (Å²) in [5.74, 6) is -0.537. The summed E-state index contributed by atoms with van der Waals surface area (Å²) in [5, 5.41) is 3.04. The predicted molar refractivity (Wildman–Crippen MR) is 344 cm³/mol. The van der Waals surface area contributed by atoms with Gasteiger partial charge in [-0.3, -0.25) is 14.2 Å². The van der Waals surface area contributed by atoms with E-state index in [-0.39, 0.29) is 31.5 Å². The quantitative estimate of drug-likeness (QED) is 0.0212. The summed E-state index contributed by atoms with van der Waals surface area (Å²) in [6.07, 6.45) is 76.2. The first-order valence-corrected chi connectivity index (χ1v) is 35.6. The number of amides is 1. The Morgan fingerprint density at radius 1 is 0.438 bits per heavy atom. The van der Waals surface area contributed by atoms with E-state index < -0.39 is 20.0 Å². The molecule has 0 heterocycles. The topological polar surface area (TPSA) is 114 Å². The van der Waals surface area contributed by atoms with Crippen molar-refractivity contribution in [2.45, 2.75) is 335 Å². The molecular weight excluding hydrogens is 1010 g/mol. The Balaban J connectivity index is 5.12. The maximum absolute atomic E-state index is 13.6. The number of phosphoric acid groups is 1. The predicted octanol–water partition coefficient (Wildman–Crippen LogP) is 20.8. The highest BCUT2D eigenvalue weighted by Crippen LogP contribution is 2.38. The van der Waals surface area contributed by atoms with E-state index in [2.05, 4.69) is 74.7 Å². The molecule has 1 amide bonds. The molecule has 0 aliphatic carbocycles. The molecule has 468 valence electrons. The van der Waals surface area contributed by atoms with Gasteiger partial charge in [-0.2, -0.15) is 0 Å². The van der Waals surface area contributed by atoms with E-state index in [0.717, 1.165) is 70.6 Å².